The molecule has 20 heavy (non-hydrogen) atoms. The molecule has 2 unspecified atom stereocenters. The van der Waals surface area contributed by atoms with E-state index < -0.39 is 0 Å². The van der Waals surface area contributed by atoms with Crippen molar-refractivity contribution in [3.63, 3.8) is 0 Å². The summed E-state index contributed by atoms with van der Waals surface area (Å²) in [5.74, 6) is 1.87. The van der Waals surface area contributed by atoms with E-state index in [2.05, 4.69) is 36.5 Å². The molecular weight excluding hydrogens is 246 g/mol. The van der Waals surface area contributed by atoms with Gasteiger partial charge >= 0.3 is 0 Å². The van der Waals surface area contributed by atoms with Crippen LogP contribution in [0.25, 0.3) is 0 Å². The van der Waals surface area contributed by atoms with Crippen molar-refractivity contribution in [1.82, 2.24) is 5.32 Å². The highest BCUT2D eigenvalue weighted by atomic mass is 16.5. The fourth-order valence-electron chi connectivity index (χ4n) is 4.22. The van der Waals surface area contributed by atoms with Gasteiger partial charge in [0.2, 0.25) is 0 Å². The lowest BCUT2D eigenvalue weighted by atomic mass is 9.70. The summed E-state index contributed by atoms with van der Waals surface area (Å²) >= 11 is 0. The lowest BCUT2D eigenvalue weighted by Gasteiger charge is -2.35. The molecule has 110 valence electrons. The topological polar surface area (TPSA) is 21.3 Å². The van der Waals surface area contributed by atoms with Crippen LogP contribution in [-0.2, 0) is 5.41 Å². The fourth-order valence-corrected chi connectivity index (χ4v) is 4.22. The second kappa shape index (κ2) is 6.17. The number of ether oxygens (including phenoxy) is 1. The molecule has 2 aliphatic rings. The highest BCUT2D eigenvalue weighted by Crippen LogP contribution is 2.49. The fraction of sp³-hybridized carbons (Fsp3) is 0.667. The Kier molecular flexibility index (Phi) is 4.30. The molecular formula is C18H27NO. The summed E-state index contributed by atoms with van der Waals surface area (Å²) in [7, 11) is 0. The van der Waals surface area contributed by atoms with E-state index in [0.29, 0.717) is 5.41 Å². The van der Waals surface area contributed by atoms with Crippen molar-refractivity contribution in [2.24, 2.45) is 5.92 Å². The van der Waals surface area contributed by atoms with Crippen LogP contribution in [0, 0.1) is 5.92 Å². The monoisotopic (exact) mass is 273 g/mol. The number of hydrogen-bond donors (Lipinski definition) is 1. The highest BCUT2D eigenvalue weighted by molar-refractivity contribution is 5.36. The molecule has 2 heteroatoms. The maximum atomic E-state index is 5.85. The van der Waals surface area contributed by atoms with Gasteiger partial charge in [0, 0.05) is 0 Å². The second-order valence-electron chi connectivity index (χ2n) is 6.43. The first-order chi connectivity index (χ1) is 9.85. The van der Waals surface area contributed by atoms with E-state index in [9.17, 15) is 0 Å². The van der Waals surface area contributed by atoms with Gasteiger partial charge < -0.3 is 10.1 Å². The van der Waals surface area contributed by atoms with Crippen LogP contribution in [0.4, 0.5) is 0 Å². The highest BCUT2D eigenvalue weighted by Gasteiger charge is 2.44. The Morgan fingerprint density at radius 3 is 3.10 bits per heavy atom. The van der Waals surface area contributed by atoms with E-state index in [1.54, 1.807) is 0 Å². The molecule has 1 N–H and O–H groups in total. The molecule has 1 heterocycles. The molecule has 1 aliphatic carbocycles. The molecule has 2 nitrogen and oxygen atoms in total. The van der Waals surface area contributed by atoms with Crippen molar-refractivity contribution in [3.8, 4) is 5.75 Å². The second-order valence-corrected chi connectivity index (χ2v) is 6.43. The summed E-state index contributed by atoms with van der Waals surface area (Å²) in [5, 5.41) is 3.63. The standard InChI is InChI=1S/C18H27NO/c1-2-12-20-17-8-3-6-15(13-17)18-9-4-7-16(18)14-19-11-5-10-18/h3,6,8,13,16,19H,2,4-5,7,9-12,14H2,1H3. The molecule has 2 atom stereocenters. The SMILES string of the molecule is CCCOc1cccc(C23CCCNCC2CCC3)c1. The summed E-state index contributed by atoms with van der Waals surface area (Å²) in [6.07, 6.45) is 7.83. The largest absolute Gasteiger partial charge is 0.494 e. The Morgan fingerprint density at radius 2 is 2.20 bits per heavy atom. The van der Waals surface area contributed by atoms with Crippen LogP contribution in [0.15, 0.2) is 24.3 Å². The molecule has 1 aromatic carbocycles. The quantitative estimate of drug-likeness (QED) is 0.898. The van der Waals surface area contributed by atoms with Crippen LogP contribution >= 0.6 is 0 Å². The van der Waals surface area contributed by atoms with Crippen molar-refractivity contribution in [3.05, 3.63) is 29.8 Å². The average molecular weight is 273 g/mol. The van der Waals surface area contributed by atoms with Gasteiger partial charge in [0.25, 0.3) is 0 Å². The summed E-state index contributed by atoms with van der Waals surface area (Å²) in [6.45, 7) is 5.36. The molecule has 0 aromatic heterocycles. The number of benzene rings is 1. The minimum Gasteiger partial charge on any atom is -0.494 e. The van der Waals surface area contributed by atoms with Gasteiger partial charge in [0.1, 0.15) is 5.75 Å². The van der Waals surface area contributed by atoms with Crippen LogP contribution < -0.4 is 10.1 Å². The van der Waals surface area contributed by atoms with Gasteiger partial charge in [0.15, 0.2) is 0 Å². The molecule has 3 rings (SSSR count). The Bertz CT molecular complexity index is 445. The molecule has 1 aromatic rings. The molecule has 2 fully saturated rings. The zero-order chi connectivity index (χ0) is 13.8. The van der Waals surface area contributed by atoms with Crippen LogP contribution in [-0.4, -0.2) is 19.7 Å². The summed E-state index contributed by atoms with van der Waals surface area (Å²) in [6, 6.07) is 8.94. The first kappa shape index (κ1) is 13.9. The smallest absolute Gasteiger partial charge is 0.119 e. The van der Waals surface area contributed by atoms with Crippen LogP contribution in [0.2, 0.25) is 0 Å². The zero-order valence-corrected chi connectivity index (χ0v) is 12.7. The van der Waals surface area contributed by atoms with Gasteiger partial charge in [-0.1, -0.05) is 25.5 Å². The number of nitrogens with one attached hydrogen (secondary N) is 1. The van der Waals surface area contributed by atoms with E-state index in [1.165, 1.54) is 50.8 Å². The van der Waals surface area contributed by atoms with E-state index in [1.807, 2.05) is 0 Å². The minimum atomic E-state index is 0.412. The Morgan fingerprint density at radius 1 is 1.30 bits per heavy atom. The third-order valence-corrected chi connectivity index (χ3v) is 5.21. The van der Waals surface area contributed by atoms with Crippen LogP contribution in [0.5, 0.6) is 5.75 Å². The van der Waals surface area contributed by atoms with E-state index >= 15 is 0 Å². The molecule has 1 saturated heterocycles. The Labute approximate surface area is 122 Å². The minimum absolute atomic E-state index is 0.412. The van der Waals surface area contributed by atoms with Gasteiger partial charge in [-0.2, -0.15) is 0 Å². The Balaban J connectivity index is 1.88. The van der Waals surface area contributed by atoms with Gasteiger partial charge in [-0.15, -0.1) is 0 Å². The normalized spacial score (nSPS) is 29.8. The van der Waals surface area contributed by atoms with E-state index in [0.717, 1.165) is 24.7 Å². The average Bonchev–Trinajstić information content (AvgIpc) is 2.79. The maximum absolute atomic E-state index is 5.85. The van der Waals surface area contributed by atoms with Gasteiger partial charge in [-0.3, -0.25) is 0 Å². The van der Waals surface area contributed by atoms with Crippen molar-refractivity contribution < 1.29 is 4.74 Å². The molecule has 0 spiro atoms. The molecule has 0 amide bonds. The summed E-state index contributed by atoms with van der Waals surface area (Å²) in [4.78, 5) is 0. The van der Waals surface area contributed by atoms with Gasteiger partial charge in [0.05, 0.1) is 6.61 Å². The first-order valence-corrected chi connectivity index (χ1v) is 8.29. The van der Waals surface area contributed by atoms with Crippen molar-refractivity contribution in [1.29, 1.82) is 0 Å². The third kappa shape index (κ3) is 2.58. The van der Waals surface area contributed by atoms with Crippen LogP contribution in [0.3, 0.4) is 0 Å². The van der Waals surface area contributed by atoms with Gasteiger partial charge in [-0.25, -0.2) is 0 Å². The molecule has 1 aliphatic heterocycles. The first-order valence-electron chi connectivity index (χ1n) is 8.29. The van der Waals surface area contributed by atoms with Crippen molar-refractivity contribution in [2.45, 2.75) is 50.9 Å². The Hall–Kier alpha value is -1.02. The third-order valence-electron chi connectivity index (χ3n) is 5.21. The van der Waals surface area contributed by atoms with Crippen molar-refractivity contribution in [2.75, 3.05) is 19.7 Å². The predicted octanol–water partition coefficient (Wildman–Crippen LogP) is 3.90. The number of hydrogen-bond acceptors (Lipinski definition) is 2. The number of rotatable bonds is 4. The lowest BCUT2D eigenvalue weighted by molar-refractivity contribution is 0.298. The predicted molar refractivity (Wildman–Crippen MR) is 83.4 cm³/mol. The maximum Gasteiger partial charge on any atom is 0.119 e. The summed E-state index contributed by atoms with van der Waals surface area (Å²) < 4.78 is 5.85. The molecule has 1 saturated carbocycles. The number of fused-ring (bicyclic) bond motifs is 1. The van der Waals surface area contributed by atoms with E-state index in [4.69, 9.17) is 4.74 Å². The van der Waals surface area contributed by atoms with E-state index in [-0.39, 0.29) is 0 Å². The zero-order valence-electron chi connectivity index (χ0n) is 12.7. The van der Waals surface area contributed by atoms with Crippen molar-refractivity contribution >= 4 is 0 Å². The molecule has 0 bridgehead atoms. The van der Waals surface area contributed by atoms with Crippen LogP contribution in [0.1, 0.15) is 51.0 Å². The summed E-state index contributed by atoms with van der Waals surface area (Å²) in [5.41, 5.74) is 1.94. The van der Waals surface area contributed by atoms with Gasteiger partial charge in [-0.05, 0) is 74.2 Å². The lowest BCUT2D eigenvalue weighted by Crippen LogP contribution is -2.33. The molecule has 0 radical (unpaired) electrons.